The van der Waals surface area contributed by atoms with E-state index in [4.69, 9.17) is 9.84 Å². The van der Waals surface area contributed by atoms with Gasteiger partial charge in [-0.25, -0.2) is 4.79 Å². The molecular formula is C24H26F2N2O5. The number of alkyl carbamates (subject to hydrolysis) is 1. The fraction of sp³-hybridized carbons (Fsp3) is 0.375. The zero-order valence-corrected chi connectivity index (χ0v) is 18.1. The van der Waals surface area contributed by atoms with Crippen LogP contribution in [0.5, 0.6) is 0 Å². The smallest absolute Gasteiger partial charge is 0.407 e. The highest BCUT2D eigenvalue weighted by Crippen LogP contribution is 2.44. The Hall–Kier alpha value is -3.49. The van der Waals surface area contributed by atoms with Gasteiger partial charge in [-0.15, -0.1) is 0 Å². The van der Waals surface area contributed by atoms with Gasteiger partial charge in [0.15, 0.2) is 0 Å². The molecule has 0 spiro atoms. The number of rotatable bonds is 10. The molecule has 0 radical (unpaired) electrons. The normalized spacial score (nSPS) is 13.5. The topological polar surface area (TPSA) is 105 Å². The van der Waals surface area contributed by atoms with Gasteiger partial charge in [0.25, 0.3) is 5.91 Å². The third-order valence-electron chi connectivity index (χ3n) is 5.67. The van der Waals surface area contributed by atoms with Crippen molar-refractivity contribution in [2.45, 2.75) is 44.1 Å². The van der Waals surface area contributed by atoms with Gasteiger partial charge in [-0.1, -0.05) is 55.5 Å². The van der Waals surface area contributed by atoms with E-state index in [0.717, 1.165) is 22.3 Å². The molecular weight excluding hydrogens is 434 g/mol. The summed E-state index contributed by atoms with van der Waals surface area (Å²) in [4.78, 5) is 34.7. The van der Waals surface area contributed by atoms with Crippen molar-refractivity contribution in [2.24, 2.45) is 0 Å². The molecule has 0 aliphatic heterocycles. The molecule has 0 heterocycles. The van der Waals surface area contributed by atoms with E-state index in [1.807, 2.05) is 53.8 Å². The molecule has 2 aromatic carbocycles. The van der Waals surface area contributed by atoms with E-state index in [1.165, 1.54) is 0 Å². The highest BCUT2D eigenvalue weighted by Gasteiger charge is 2.40. The molecule has 1 aliphatic carbocycles. The van der Waals surface area contributed by atoms with Crippen LogP contribution < -0.4 is 10.6 Å². The number of aliphatic carboxylic acids is 1. The Balaban J connectivity index is 1.53. The zero-order chi connectivity index (χ0) is 24.0. The van der Waals surface area contributed by atoms with E-state index in [-0.39, 0.29) is 25.4 Å². The molecule has 2 amide bonds. The van der Waals surface area contributed by atoms with Crippen LogP contribution in [0.25, 0.3) is 11.1 Å². The lowest BCUT2D eigenvalue weighted by Gasteiger charge is -2.21. The molecule has 3 N–H and O–H groups in total. The van der Waals surface area contributed by atoms with Crippen molar-refractivity contribution in [1.29, 1.82) is 0 Å². The second kappa shape index (κ2) is 10.4. The number of hydrogen-bond donors (Lipinski definition) is 3. The van der Waals surface area contributed by atoms with Crippen molar-refractivity contribution < 1.29 is 33.0 Å². The number of carbonyl (C=O) groups excluding carboxylic acids is 2. The fourth-order valence-electron chi connectivity index (χ4n) is 3.88. The third-order valence-corrected chi connectivity index (χ3v) is 5.67. The third kappa shape index (κ3) is 5.85. The molecule has 9 heteroatoms. The Bertz CT molecular complexity index is 982. The first-order chi connectivity index (χ1) is 15.7. The summed E-state index contributed by atoms with van der Waals surface area (Å²) in [5, 5.41) is 12.8. The first-order valence-corrected chi connectivity index (χ1v) is 10.7. The maximum absolute atomic E-state index is 14.2. The van der Waals surface area contributed by atoms with Gasteiger partial charge < -0.3 is 20.5 Å². The summed E-state index contributed by atoms with van der Waals surface area (Å²) < 4.78 is 33.6. The van der Waals surface area contributed by atoms with Crippen LogP contribution in [-0.2, 0) is 14.3 Å². The molecule has 0 saturated heterocycles. The summed E-state index contributed by atoms with van der Waals surface area (Å²) in [7, 11) is 0. The minimum atomic E-state index is -3.87. The van der Waals surface area contributed by atoms with E-state index in [1.54, 1.807) is 6.92 Å². The maximum Gasteiger partial charge on any atom is 0.407 e. The van der Waals surface area contributed by atoms with Gasteiger partial charge in [-0.2, -0.15) is 8.78 Å². The van der Waals surface area contributed by atoms with E-state index >= 15 is 0 Å². The van der Waals surface area contributed by atoms with Crippen LogP contribution in [0, 0.1) is 0 Å². The highest BCUT2D eigenvalue weighted by atomic mass is 19.3. The predicted octanol–water partition coefficient (Wildman–Crippen LogP) is 3.92. The van der Waals surface area contributed by atoms with Gasteiger partial charge in [-0.3, -0.25) is 9.59 Å². The maximum atomic E-state index is 14.2. The average molecular weight is 460 g/mol. The molecule has 0 saturated carbocycles. The van der Waals surface area contributed by atoms with Gasteiger partial charge in [0.1, 0.15) is 6.61 Å². The number of carboxylic acids is 1. The number of nitrogens with one attached hydrogen (secondary N) is 2. The minimum Gasteiger partial charge on any atom is -0.481 e. The summed E-state index contributed by atoms with van der Waals surface area (Å²) in [5.74, 6) is -6.74. The number of hydrogen-bond acceptors (Lipinski definition) is 4. The van der Waals surface area contributed by atoms with Crippen LogP contribution in [0.4, 0.5) is 13.6 Å². The second-order valence-electron chi connectivity index (χ2n) is 7.89. The van der Waals surface area contributed by atoms with E-state index in [2.05, 4.69) is 5.32 Å². The lowest BCUT2D eigenvalue weighted by atomic mass is 9.98. The largest absolute Gasteiger partial charge is 0.481 e. The first-order valence-electron chi connectivity index (χ1n) is 10.7. The summed E-state index contributed by atoms with van der Waals surface area (Å²) in [6, 6.07) is 14.7. The van der Waals surface area contributed by atoms with Crippen molar-refractivity contribution in [3.63, 3.8) is 0 Å². The number of carbonyl (C=O) groups is 3. The Morgan fingerprint density at radius 2 is 1.64 bits per heavy atom. The van der Waals surface area contributed by atoms with Gasteiger partial charge in [0.2, 0.25) is 0 Å². The minimum absolute atomic E-state index is 0.0352. The lowest BCUT2D eigenvalue weighted by Crippen LogP contribution is -2.51. The second-order valence-corrected chi connectivity index (χ2v) is 7.89. The van der Waals surface area contributed by atoms with Crippen molar-refractivity contribution in [3.8, 4) is 11.1 Å². The van der Waals surface area contributed by atoms with Crippen molar-refractivity contribution in [2.75, 3.05) is 13.2 Å². The van der Waals surface area contributed by atoms with Crippen LogP contribution in [-0.4, -0.2) is 48.2 Å². The van der Waals surface area contributed by atoms with Crippen LogP contribution >= 0.6 is 0 Å². The Kier molecular flexibility index (Phi) is 7.63. The standard InChI is InChI=1S/C24H26F2N2O5/c1-2-15(11-12-21(29)30)28-22(31)24(25,26)14-27-23(32)33-13-20-18-9-5-3-7-16(18)17-8-4-6-10-19(17)20/h3-10,15,20H,2,11-14H2,1H3,(H,27,32)(H,28,31)(H,29,30). The van der Waals surface area contributed by atoms with Crippen molar-refractivity contribution >= 4 is 18.0 Å². The van der Waals surface area contributed by atoms with E-state index < -0.39 is 36.5 Å². The van der Waals surface area contributed by atoms with Crippen LogP contribution in [0.1, 0.15) is 43.2 Å². The SMILES string of the molecule is CCC(CCC(=O)O)NC(=O)C(F)(F)CNC(=O)OCC1c2ccccc2-c2ccccc21. The van der Waals surface area contributed by atoms with Gasteiger partial charge in [0, 0.05) is 18.4 Å². The number of fused-ring (bicyclic) bond motifs is 3. The van der Waals surface area contributed by atoms with Crippen molar-refractivity contribution in [3.05, 3.63) is 59.7 Å². The number of alkyl halides is 2. The average Bonchev–Trinajstić information content (AvgIpc) is 3.12. The number of carboxylic acid groups (broad SMARTS) is 1. The summed E-state index contributed by atoms with van der Waals surface area (Å²) in [6.07, 6.45) is -0.965. The van der Waals surface area contributed by atoms with Crippen LogP contribution in [0.15, 0.2) is 48.5 Å². The first kappa shape index (κ1) is 24.2. The molecule has 0 bridgehead atoms. The molecule has 3 rings (SSSR count). The zero-order valence-electron chi connectivity index (χ0n) is 18.1. The monoisotopic (exact) mass is 460 g/mol. The van der Waals surface area contributed by atoms with Gasteiger partial charge in [-0.05, 0) is 35.1 Å². The van der Waals surface area contributed by atoms with E-state index in [0.29, 0.717) is 6.42 Å². The number of halogens is 2. The highest BCUT2D eigenvalue weighted by molar-refractivity contribution is 5.84. The molecule has 176 valence electrons. The van der Waals surface area contributed by atoms with Crippen molar-refractivity contribution in [1.82, 2.24) is 10.6 Å². The van der Waals surface area contributed by atoms with Gasteiger partial charge >= 0.3 is 18.0 Å². The summed E-state index contributed by atoms with van der Waals surface area (Å²) >= 11 is 0. The Labute approximate surface area is 190 Å². The number of amides is 2. The molecule has 7 nitrogen and oxygen atoms in total. The summed E-state index contributed by atoms with van der Waals surface area (Å²) in [5.41, 5.74) is 4.06. The quantitative estimate of drug-likeness (QED) is 0.499. The van der Waals surface area contributed by atoms with Crippen LogP contribution in [0.3, 0.4) is 0 Å². The molecule has 33 heavy (non-hydrogen) atoms. The van der Waals surface area contributed by atoms with Gasteiger partial charge in [0.05, 0.1) is 6.54 Å². The number of ether oxygens (including phenoxy) is 1. The Morgan fingerprint density at radius 1 is 1.06 bits per heavy atom. The lowest BCUT2D eigenvalue weighted by molar-refractivity contribution is -0.146. The molecule has 0 fully saturated rings. The fourth-order valence-corrected chi connectivity index (χ4v) is 3.88. The predicted molar refractivity (Wildman–Crippen MR) is 117 cm³/mol. The molecule has 2 aromatic rings. The molecule has 0 aromatic heterocycles. The molecule has 1 atom stereocenters. The molecule has 1 aliphatic rings. The van der Waals surface area contributed by atoms with E-state index in [9.17, 15) is 23.2 Å². The van der Waals surface area contributed by atoms with Crippen LogP contribution in [0.2, 0.25) is 0 Å². The summed E-state index contributed by atoms with van der Waals surface area (Å²) in [6.45, 7) is 0.384. The molecule has 1 unspecified atom stereocenters. The number of benzene rings is 2. The Morgan fingerprint density at radius 3 is 2.18 bits per heavy atom.